The largest absolute Gasteiger partial charge is 0.573 e. The first-order valence-electron chi connectivity index (χ1n) is 9.77. The van der Waals surface area contributed by atoms with Gasteiger partial charge in [0, 0.05) is 22.6 Å². The van der Waals surface area contributed by atoms with Gasteiger partial charge in [-0.15, -0.1) is 13.2 Å². The molecule has 0 fully saturated rings. The Labute approximate surface area is 166 Å². The lowest BCUT2D eigenvalue weighted by Crippen LogP contribution is -2.26. The fourth-order valence-electron chi connectivity index (χ4n) is 4.06. The molecule has 0 bridgehead atoms. The number of aromatic nitrogens is 1. The predicted molar refractivity (Wildman–Crippen MR) is 103 cm³/mol. The van der Waals surface area contributed by atoms with Gasteiger partial charge < -0.3 is 15.0 Å². The van der Waals surface area contributed by atoms with E-state index in [2.05, 4.69) is 15.0 Å². The molecule has 1 aliphatic rings. The first-order chi connectivity index (χ1) is 13.9. The summed E-state index contributed by atoms with van der Waals surface area (Å²) in [7, 11) is 0. The van der Waals surface area contributed by atoms with E-state index in [1.165, 1.54) is 24.3 Å². The number of nitrogens with one attached hydrogen (secondary N) is 2. The van der Waals surface area contributed by atoms with Gasteiger partial charge in [-0.1, -0.05) is 12.1 Å². The van der Waals surface area contributed by atoms with Crippen molar-refractivity contribution in [2.75, 3.05) is 6.54 Å². The predicted octanol–water partition coefficient (Wildman–Crippen LogP) is 5.81. The molecule has 0 spiro atoms. The number of H-pyrrole nitrogens is 1. The highest BCUT2D eigenvalue weighted by Crippen LogP contribution is 2.37. The van der Waals surface area contributed by atoms with E-state index in [1.54, 1.807) is 18.2 Å². The zero-order valence-corrected chi connectivity index (χ0v) is 15.8. The molecule has 0 saturated heterocycles. The van der Waals surface area contributed by atoms with Crippen LogP contribution in [0.4, 0.5) is 17.6 Å². The van der Waals surface area contributed by atoms with Gasteiger partial charge in [-0.05, 0) is 80.1 Å². The number of halogens is 4. The smallest absolute Gasteiger partial charge is 0.406 e. The fourth-order valence-corrected chi connectivity index (χ4v) is 4.06. The first kappa shape index (κ1) is 19.8. The van der Waals surface area contributed by atoms with E-state index in [0.29, 0.717) is 0 Å². The van der Waals surface area contributed by atoms with Crippen molar-refractivity contribution in [2.45, 2.75) is 44.5 Å². The van der Waals surface area contributed by atoms with Gasteiger partial charge in [0.1, 0.15) is 11.6 Å². The summed E-state index contributed by atoms with van der Waals surface area (Å²) >= 11 is 0. The molecular weight excluding hydrogens is 384 g/mol. The van der Waals surface area contributed by atoms with E-state index in [4.69, 9.17) is 0 Å². The van der Waals surface area contributed by atoms with Crippen LogP contribution in [-0.4, -0.2) is 17.9 Å². The zero-order valence-electron chi connectivity index (χ0n) is 15.8. The number of aromatic amines is 1. The highest BCUT2D eigenvalue weighted by atomic mass is 19.4. The number of rotatable bonds is 6. The molecule has 2 aromatic carbocycles. The standard InChI is InChI=1S/C22H22F4N2O/c23-15-8-6-14(7-9-15)3-2-12-27-20-5-1-4-17-18-13-16(29-22(24,25)26)10-11-19(18)28-21(17)20/h6-11,13,20,27-28H,1-5,12H2. The lowest BCUT2D eigenvalue weighted by Gasteiger charge is -2.24. The van der Waals surface area contributed by atoms with E-state index in [0.717, 1.165) is 66.4 Å². The van der Waals surface area contributed by atoms with Gasteiger partial charge in [-0.2, -0.15) is 0 Å². The minimum absolute atomic E-state index is 0.145. The van der Waals surface area contributed by atoms with E-state index in [9.17, 15) is 17.6 Å². The molecule has 4 rings (SSSR count). The van der Waals surface area contributed by atoms with Crippen LogP contribution in [-0.2, 0) is 12.8 Å². The van der Waals surface area contributed by atoms with Crippen LogP contribution in [0.1, 0.15) is 42.1 Å². The molecule has 0 radical (unpaired) electrons. The molecule has 0 saturated carbocycles. The molecule has 154 valence electrons. The molecule has 1 aromatic heterocycles. The third-order valence-electron chi connectivity index (χ3n) is 5.36. The molecule has 3 nitrogen and oxygen atoms in total. The molecule has 1 aliphatic carbocycles. The lowest BCUT2D eigenvalue weighted by molar-refractivity contribution is -0.274. The van der Waals surface area contributed by atoms with Gasteiger partial charge >= 0.3 is 6.36 Å². The number of fused-ring (bicyclic) bond motifs is 3. The highest BCUT2D eigenvalue weighted by Gasteiger charge is 2.31. The van der Waals surface area contributed by atoms with E-state index < -0.39 is 6.36 Å². The summed E-state index contributed by atoms with van der Waals surface area (Å²) in [4.78, 5) is 3.38. The highest BCUT2D eigenvalue weighted by molar-refractivity contribution is 5.86. The molecule has 0 aliphatic heterocycles. The van der Waals surface area contributed by atoms with E-state index >= 15 is 0 Å². The van der Waals surface area contributed by atoms with Crippen LogP contribution in [0.2, 0.25) is 0 Å². The maximum absolute atomic E-state index is 13.0. The third-order valence-corrected chi connectivity index (χ3v) is 5.36. The van der Waals surface area contributed by atoms with Crippen LogP contribution in [0.15, 0.2) is 42.5 Å². The Kier molecular flexibility index (Phi) is 5.50. The summed E-state index contributed by atoms with van der Waals surface area (Å²) in [6.45, 7) is 0.805. The maximum atomic E-state index is 13.0. The molecule has 7 heteroatoms. The Morgan fingerprint density at radius 2 is 1.90 bits per heavy atom. The van der Waals surface area contributed by atoms with Crippen LogP contribution in [0.3, 0.4) is 0 Å². The monoisotopic (exact) mass is 406 g/mol. The normalized spacial score (nSPS) is 16.8. The summed E-state index contributed by atoms with van der Waals surface area (Å²) in [6.07, 6.45) is -0.140. The number of aryl methyl sites for hydroxylation is 2. The second-order valence-corrected chi connectivity index (χ2v) is 7.40. The van der Waals surface area contributed by atoms with Crippen LogP contribution in [0, 0.1) is 5.82 Å². The van der Waals surface area contributed by atoms with Crippen molar-refractivity contribution in [3.63, 3.8) is 0 Å². The van der Waals surface area contributed by atoms with Crippen LogP contribution in [0.25, 0.3) is 10.9 Å². The topological polar surface area (TPSA) is 37.0 Å². The molecule has 29 heavy (non-hydrogen) atoms. The van der Waals surface area contributed by atoms with Gasteiger partial charge in [-0.3, -0.25) is 0 Å². The van der Waals surface area contributed by atoms with Crippen molar-refractivity contribution in [2.24, 2.45) is 0 Å². The van der Waals surface area contributed by atoms with Crippen molar-refractivity contribution in [1.29, 1.82) is 0 Å². The van der Waals surface area contributed by atoms with Crippen LogP contribution in [0.5, 0.6) is 5.75 Å². The number of benzene rings is 2. The summed E-state index contributed by atoms with van der Waals surface area (Å²) in [5, 5.41) is 4.35. The summed E-state index contributed by atoms with van der Waals surface area (Å²) in [5.41, 5.74) is 4.04. The average Bonchev–Trinajstić information content (AvgIpc) is 3.04. The Morgan fingerprint density at radius 1 is 1.10 bits per heavy atom. The van der Waals surface area contributed by atoms with Crippen molar-refractivity contribution in [3.8, 4) is 5.75 Å². The minimum Gasteiger partial charge on any atom is -0.406 e. The number of ether oxygens (including phenoxy) is 1. The number of hydrogen-bond donors (Lipinski definition) is 2. The minimum atomic E-state index is -4.70. The van der Waals surface area contributed by atoms with E-state index in [1.807, 2.05) is 0 Å². The molecule has 1 heterocycles. The van der Waals surface area contributed by atoms with Crippen molar-refractivity contribution in [3.05, 3.63) is 65.1 Å². The molecule has 1 atom stereocenters. The summed E-state index contributed by atoms with van der Waals surface area (Å²) in [6, 6.07) is 11.1. The first-order valence-corrected chi connectivity index (χ1v) is 9.77. The molecule has 0 amide bonds. The summed E-state index contributed by atoms with van der Waals surface area (Å²) < 4.78 is 54.6. The maximum Gasteiger partial charge on any atom is 0.573 e. The Morgan fingerprint density at radius 3 is 2.66 bits per heavy atom. The van der Waals surface area contributed by atoms with E-state index in [-0.39, 0.29) is 17.6 Å². The van der Waals surface area contributed by atoms with Gasteiger partial charge in [0.2, 0.25) is 0 Å². The Hall–Kier alpha value is -2.54. The Balaban J connectivity index is 1.43. The second-order valence-electron chi connectivity index (χ2n) is 7.40. The zero-order chi connectivity index (χ0) is 20.4. The second kappa shape index (κ2) is 8.06. The van der Waals surface area contributed by atoms with Crippen LogP contribution >= 0.6 is 0 Å². The van der Waals surface area contributed by atoms with Crippen molar-refractivity contribution < 1.29 is 22.3 Å². The molecule has 1 unspecified atom stereocenters. The third kappa shape index (κ3) is 4.72. The molecular formula is C22H22F4N2O. The molecule has 2 N–H and O–H groups in total. The quantitative estimate of drug-likeness (QED) is 0.401. The van der Waals surface area contributed by atoms with Gasteiger partial charge in [0.15, 0.2) is 0 Å². The van der Waals surface area contributed by atoms with Gasteiger partial charge in [-0.25, -0.2) is 4.39 Å². The van der Waals surface area contributed by atoms with Gasteiger partial charge in [0.25, 0.3) is 0 Å². The van der Waals surface area contributed by atoms with Gasteiger partial charge in [0.05, 0.1) is 0 Å². The van der Waals surface area contributed by atoms with Crippen molar-refractivity contribution >= 4 is 10.9 Å². The van der Waals surface area contributed by atoms with Crippen molar-refractivity contribution in [1.82, 2.24) is 10.3 Å². The SMILES string of the molecule is Fc1ccc(CCCNC2CCCc3c2[nH]c2ccc(OC(F)(F)F)cc32)cc1. The van der Waals surface area contributed by atoms with Crippen LogP contribution < -0.4 is 10.1 Å². The molecule has 3 aromatic rings. The fraction of sp³-hybridized carbons (Fsp3) is 0.364. The number of hydrogen-bond acceptors (Lipinski definition) is 2. The summed E-state index contributed by atoms with van der Waals surface area (Å²) in [5.74, 6) is -0.426. The lowest BCUT2D eigenvalue weighted by atomic mass is 9.91. The number of alkyl halides is 3. The Bertz CT molecular complexity index is 979. The average molecular weight is 406 g/mol.